The molecule has 152 valence electrons. The topological polar surface area (TPSA) is 110 Å². The first kappa shape index (κ1) is 20.5. The molecule has 8 heteroatoms. The molecule has 0 fully saturated rings. The highest BCUT2D eigenvalue weighted by atomic mass is 16.5. The Morgan fingerprint density at radius 2 is 2.10 bits per heavy atom. The van der Waals surface area contributed by atoms with Gasteiger partial charge in [-0.05, 0) is 49.2 Å². The van der Waals surface area contributed by atoms with E-state index in [2.05, 4.69) is 20.4 Å². The lowest BCUT2D eigenvalue weighted by molar-refractivity contribution is -0.122. The summed E-state index contributed by atoms with van der Waals surface area (Å²) in [6, 6.07) is 10.8. The maximum Gasteiger partial charge on any atom is 0.227 e. The molecule has 0 saturated carbocycles. The van der Waals surface area contributed by atoms with Gasteiger partial charge in [-0.15, -0.1) is 0 Å². The van der Waals surface area contributed by atoms with Crippen molar-refractivity contribution in [2.45, 2.75) is 32.2 Å². The molecule has 0 bridgehead atoms. The Balaban J connectivity index is 1.50. The SMILES string of the molecule is CCOc1ccc(-c2noc(CCC(=O)N[C@H](CO)Cc3cccnc3)n2)cc1. The molecule has 0 spiro atoms. The van der Waals surface area contributed by atoms with Crippen LogP contribution in [-0.2, 0) is 17.6 Å². The van der Waals surface area contributed by atoms with Crippen molar-refractivity contribution in [1.29, 1.82) is 0 Å². The highest BCUT2D eigenvalue weighted by molar-refractivity contribution is 5.76. The smallest absolute Gasteiger partial charge is 0.227 e. The van der Waals surface area contributed by atoms with Gasteiger partial charge in [0.05, 0.1) is 19.3 Å². The fourth-order valence-electron chi connectivity index (χ4n) is 2.83. The lowest BCUT2D eigenvalue weighted by Gasteiger charge is -2.15. The summed E-state index contributed by atoms with van der Waals surface area (Å²) in [7, 11) is 0. The Hall–Kier alpha value is -3.26. The maximum absolute atomic E-state index is 12.2. The number of aromatic nitrogens is 3. The monoisotopic (exact) mass is 396 g/mol. The zero-order chi connectivity index (χ0) is 20.5. The second kappa shape index (κ2) is 10.3. The second-order valence-corrected chi connectivity index (χ2v) is 6.48. The van der Waals surface area contributed by atoms with Crippen LogP contribution in [0.5, 0.6) is 5.75 Å². The van der Waals surface area contributed by atoms with E-state index in [9.17, 15) is 9.90 Å². The molecular formula is C21H24N4O4. The Morgan fingerprint density at radius 3 is 2.79 bits per heavy atom. The van der Waals surface area contributed by atoms with Gasteiger partial charge in [-0.1, -0.05) is 11.2 Å². The summed E-state index contributed by atoms with van der Waals surface area (Å²) in [6.07, 6.45) is 4.42. The van der Waals surface area contributed by atoms with Crippen molar-refractivity contribution in [2.75, 3.05) is 13.2 Å². The number of nitrogens with one attached hydrogen (secondary N) is 1. The minimum absolute atomic E-state index is 0.150. The molecule has 8 nitrogen and oxygen atoms in total. The van der Waals surface area contributed by atoms with Crippen molar-refractivity contribution in [3.05, 3.63) is 60.2 Å². The number of carbonyl (C=O) groups is 1. The van der Waals surface area contributed by atoms with Crippen LogP contribution in [0.3, 0.4) is 0 Å². The van der Waals surface area contributed by atoms with Crippen LogP contribution in [-0.4, -0.2) is 45.4 Å². The summed E-state index contributed by atoms with van der Waals surface area (Å²) in [5, 5.41) is 16.3. The zero-order valence-electron chi connectivity index (χ0n) is 16.2. The van der Waals surface area contributed by atoms with Crippen LogP contribution >= 0.6 is 0 Å². The Bertz CT molecular complexity index is 897. The standard InChI is InChI=1S/C21H24N4O4/c1-2-28-18-7-5-16(6-8-18)21-24-20(29-25-21)10-9-19(27)23-17(14-26)12-15-4-3-11-22-13-15/h3-8,11,13,17,26H,2,9-10,12,14H2,1H3,(H,23,27)/t17-/m0/s1. The van der Waals surface area contributed by atoms with Gasteiger partial charge in [-0.2, -0.15) is 4.98 Å². The Labute approximate surface area is 168 Å². The lowest BCUT2D eigenvalue weighted by Crippen LogP contribution is -2.39. The number of aliphatic hydroxyl groups excluding tert-OH is 1. The molecular weight excluding hydrogens is 372 g/mol. The van der Waals surface area contributed by atoms with Crippen molar-refractivity contribution in [2.24, 2.45) is 0 Å². The summed E-state index contributed by atoms with van der Waals surface area (Å²) in [6.45, 7) is 2.38. The van der Waals surface area contributed by atoms with Crippen molar-refractivity contribution in [3.63, 3.8) is 0 Å². The molecule has 2 aromatic heterocycles. The van der Waals surface area contributed by atoms with Gasteiger partial charge in [0.2, 0.25) is 17.6 Å². The molecule has 1 amide bonds. The largest absolute Gasteiger partial charge is 0.494 e. The van der Waals surface area contributed by atoms with E-state index in [4.69, 9.17) is 9.26 Å². The van der Waals surface area contributed by atoms with E-state index < -0.39 is 0 Å². The fraction of sp³-hybridized carbons (Fsp3) is 0.333. The van der Waals surface area contributed by atoms with Crippen molar-refractivity contribution in [1.82, 2.24) is 20.4 Å². The minimum Gasteiger partial charge on any atom is -0.494 e. The third-order valence-corrected chi connectivity index (χ3v) is 4.25. The van der Waals surface area contributed by atoms with E-state index in [0.29, 0.717) is 31.2 Å². The number of hydrogen-bond donors (Lipinski definition) is 2. The number of ether oxygens (including phenoxy) is 1. The third kappa shape index (κ3) is 6.11. The van der Waals surface area contributed by atoms with Gasteiger partial charge in [0.15, 0.2) is 0 Å². The minimum atomic E-state index is -0.367. The summed E-state index contributed by atoms with van der Waals surface area (Å²) in [5.74, 6) is 1.44. The van der Waals surface area contributed by atoms with Crippen LogP contribution in [0.15, 0.2) is 53.3 Å². The second-order valence-electron chi connectivity index (χ2n) is 6.48. The number of nitrogens with zero attached hydrogens (tertiary/aromatic N) is 3. The van der Waals surface area contributed by atoms with E-state index >= 15 is 0 Å². The predicted octanol–water partition coefficient (Wildman–Crippen LogP) is 2.18. The van der Waals surface area contributed by atoms with Crippen LogP contribution in [0.1, 0.15) is 24.8 Å². The lowest BCUT2D eigenvalue weighted by atomic mass is 10.1. The number of pyridine rings is 1. The average Bonchev–Trinajstić information content (AvgIpc) is 3.22. The highest BCUT2D eigenvalue weighted by Gasteiger charge is 2.15. The van der Waals surface area contributed by atoms with Gasteiger partial charge in [0.25, 0.3) is 0 Å². The van der Waals surface area contributed by atoms with Crippen LogP contribution < -0.4 is 10.1 Å². The molecule has 0 saturated heterocycles. The van der Waals surface area contributed by atoms with E-state index in [1.54, 1.807) is 12.4 Å². The number of benzene rings is 1. The molecule has 0 aliphatic rings. The summed E-state index contributed by atoms with van der Waals surface area (Å²) < 4.78 is 10.7. The van der Waals surface area contributed by atoms with E-state index in [-0.39, 0.29) is 25.0 Å². The number of amides is 1. The molecule has 3 rings (SSSR count). The molecule has 1 aromatic carbocycles. The Kier molecular flexibility index (Phi) is 7.29. The van der Waals surface area contributed by atoms with Crippen molar-refractivity contribution < 1.29 is 19.2 Å². The number of aryl methyl sites for hydroxylation is 1. The number of aliphatic hydroxyl groups is 1. The number of hydrogen-bond acceptors (Lipinski definition) is 7. The first-order valence-corrected chi connectivity index (χ1v) is 9.53. The van der Waals surface area contributed by atoms with Gasteiger partial charge in [-0.3, -0.25) is 9.78 Å². The number of rotatable bonds is 10. The normalized spacial score (nSPS) is 11.8. The molecule has 0 aliphatic heterocycles. The van der Waals surface area contributed by atoms with Crippen molar-refractivity contribution in [3.8, 4) is 17.1 Å². The zero-order valence-corrected chi connectivity index (χ0v) is 16.2. The highest BCUT2D eigenvalue weighted by Crippen LogP contribution is 2.20. The number of carbonyl (C=O) groups excluding carboxylic acids is 1. The van der Waals surface area contributed by atoms with Gasteiger partial charge in [0, 0.05) is 30.8 Å². The fourth-order valence-corrected chi connectivity index (χ4v) is 2.83. The first-order valence-electron chi connectivity index (χ1n) is 9.53. The quantitative estimate of drug-likeness (QED) is 0.540. The van der Waals surface area contributed by atoms with Crippen LogP contribution in [0.25, 0.3) is 11.4 Å². The van der Waals surface area contributed by atoms with E-state index in [1.807, 2.05) is 43.3 Å². The molecule has 0 unspecified atom stereocenters. The maximum atomic E-state index is 12.2. The summed E-state index contributed by atoms with van der Waals surface area (Å²) in [4.78, 5) is 20.6. The summed E-state index contributed by atoms with van der Waals surface area (Å²) >= 11 is 0. The molecule has 0 radical (unpaired) electrons. The third-order valence-electron chi connectivity index (χ3n) is 4.25. The molecule has 2 N–H and O–H groups in total. The Morgan fingerprint density at radius 1 is 1.28 bits per heavy atom. The first-order chi connectivity index (χ1) is 14.2. The van der Waals surface area contributed by atoms with Crippen LogP contribution in [0, 0.1) is 0 Å². The molecule has 2 heterocycles. The van der Waals surface area contributed by atoms with Gasteiger partial charge in [-0.25, -0.2) is 0 Å². The van der Waals surface area contributed by atoms with Crippen LogP contribution in [0.4, 0.5) is 0 Å². The van der Waals surface area contributed by atoms with Gasteiger partial charge < -0.3 is 19.7 Å². The van der Waals surface area contributed by atoms with Crippen LogP contribution in [0.2, 0.25) is 0 Å². The molecule has 1 atom stereocenters. The van der Waals surface area contributed by atoms with E-state index in [1.165, 1.54) is 0 Å². The predicted molar refractivity (Wildman–Crippen MR) is 106 cm³/mol. The van der Waals surface area contributed by atoms with Gasteiger partial charge >= 0.3 is 0 Å². The van der Waals surface area contributed by atoms with E-state index in [0.717, 1.165) is 16.9 Å². The molecule has 3 aromatic rings. The molecule has 0 aliphatic carbocycles. The summed E-state index contributed by atoms with van der Waals surface area (Å²) in [5.41, 5.74) is 1.76. The average molecular weight is 396 g/mol. The molecule has 29 heavy (non-hydrogen) atoms. The van der Waals surface area contributed by atoms with Gasteiger partial charge in [0.1, 0.15) is 5.75 Å². The van der Waals surface area contributed by atoms with Crippen molar-refractivity contribution >= 4 is 5.91 Å².